The molecule has 1 amide bonds. The third kappa shape index (κ3) is 3.61. The summed E-state index contributed by atoms with van der Waals surface area (Å²) >= 11 is 0. The average molecular weight is 513 g/mol. The van der Waals surface area contributed by atoms with E-state index in [1.807, 2.05) is 24.8 Å². The summed E-state index contributed by atoms with van der Waals surface area (Å²) < 4.78 is 1.63. The zero-order valence-corrected chi connectivity index (χ0v) is 22.2. The van der Waals surface area contributed by atoms with Crippen molar-refractivity contribution in [1.29, 1.82) is 5.26 Å². The Hall–Kier alpha value is -4.07. The second-order valence-corrected chi connectivity index (χ2v) is 11.3. The highest BCUT2D eigenvalue weighted by atomic mass is 16.2. The smallest absolute Gasteiger partial charge is 0.250 e. The lowest BCUT2D eigenvalue weighted by molar-refractivity contribution is -0.143. The fourth-order valence-corrected chi connectivity index (χ4v) is 6.21. The first kappa shape index (κ1) is 24.3. The Morgan fingerprint density at radius 2 is 1.89 bits per heavy atom. The van der Waals surface area contributed by atoms with Crippen LogP contribution in [-0.2, 0) is 15.7 Å². The maximum Gasteiger partial charge on any atom is 0.250 e. The van der Waals surface area contributed by atoms with Gasteiger partial charge in [0.1, 0.15) is 42.0 Å². The summed E-state index contributed by atoms with van der Waals surface area (Å²) in [6.07, 6.45) is 9.68. The summed E-state index contributed by atoms with van der Waals surface area (Å²) in [5.74, 6) is 2.60. The fraction of sp³-hybridized carbons (Fsp3) is 0.519. The van der Waals surface area contributed by atoms with E-state index in [4.69, 9.17) is 9.97 Å². The number of piperazine rings is 1. The number of hydrogen-bond donors (Lipinski definition) is 0. The number of pyridine rings is 1. The SMILES string of the molecule is C[C@@H]1CN(c2ncnc3c2C2(CCC2)CN3c2cc(C#N)ccn2)[C@@H](C)CN1C(=O)C(C)(C)n1cncn1. The van der Waals surface area contributed by atoms with Gasteiger partial charge in [0.25, 0.3) is 0 Å². The largest absolute Gasteiger partial charge is 0.350 e. The maximum absolute atomic E-state index is 13.7. The predicted molar refractivity (Wildman–Crippen MR) is 141 cm³/mol. The van der Waals surface area contributed by atoms with Crippen molar-refractivity contribution in [2.75, 3.05) is 29.4 Å². The molecule has 2 aliphatic heterocycles. The molecule has 0 unspecified atom stereocenters. The topological polar surface area (TPSA) is 120 Å². The second-order valence-electron chi connectivity index (χ2n) is 11.3. The normalized spacial score (nSPS) is 22.2. The lowest BCUT2D eigenvalue weighted by atomic mass is 9.66. The number of nitriles is 1. The van der Waals surface area contributed by atoms with E-state index in [1.54, 1.807) is 29.6 Å². The Kier molecular flexibility index (Phi) is 5.59. The highest BCUT2D eigenvalue weighted by Crippen LogP contribution is 2.56. The third-order valence-corrected chi connectivity index (χ3v) is 8.55. The van der Waals surface area contributed by atoms with Gasteiger partial charge in [-0.25, -0.2) is 24.6 Å². The lowest BCUT2D eigenvalue weighted by Gasteiger charge is -2.48. The maximum atomic E-state index is 13.7. The van der Waals surface area contributed by atoms with Gasteiger partial charge in [0.05, 0.1) is 11.6 Å². The van der Waals surface area contributed by atoms with Crippen LogP contribution in [0.5, 0.6) is 0 Å². The molecule has 38 heavy (non-hydrogen) atoms. The van der Waals surface area contributed by atoms with E-state index in [1.165, 1.54) is 18.3 Å². The minimum absolute atomic E-state index is 0.0177. The zero-order valence-electron chi connectivity index (χ0n) is 22.2. The molecule has 1 aliphatic carbocycles. The van der Waals surface area contributed by atoms with Crippen LogP contribution >= 0.6 is 0 Å². The number of amides is 1. The van der Waals surface area contributed by atoms with Crippen molar-refractivity contribution in [3.63, 3.8) is 0 Å². The van der Waals surface area contributed by atoms with Crippen LogP contribution in [0, 0.1) is 11.3 Å². The van der Waals surface area contributed by atoms with Crippen LogP contribution in [-0.4, -0.2) is 72.2 Å². The molecule has 0 bridgehead atoms. The van der Waals surface area contributed by atoms with E-state index in [2.05, 4.69) is 44.8 Å². The summed E-state index contributed by atoms with van der Waals surface area (Å²) in [5.41, 5.74) is 0.903. The number of carbonyl (C=O) groups excluding carboxylic acids is 1. The molecule has 1 saturated heterocycles. The zero-order chi connectivity index (χ0) is 26.7. The molecule has 1 saturated carbocycles. The molecular formula is C27H32N10O. The molecular weight excluding hydrogens is 480 g/mol. The lowest BCUT2D eigenvalue weighted by Crippen LogP contribution is -2.62. The van der Waals surface area contributed by atoms with Gasteiger partial charge in [0.15, 0.2) is 0 Å². The van der Waals surface area contributed by atoms with Crippen molar-refractivity contribution in [2.45, 2.75) is 70.0 Å². The van der Waals surface area contributed by atoms with E-state index >= 15 is 0 Å². The molecule has 0 N–H and O–H groups in total. The summed E-state index contributed by atoms with van der Waals surface area (Å²) in [6.45, 7) is 10.1. The first-order valence-electron chi connectivity index (χ1n) is 13.2. The minimum atomic E-state index is -0.829. The highest BCUT2D eigenvalue weighted by molar-refractivity contribution is 5.84. The van der Waals surface area contributed by atoms with Crippen molar-refractivity contribution < 1.29 is 4.79 Å². The number of rotatable bonds is 4. The third-order valence-electron chi connectivity index (χ3n) is 8.55. The molecule has 11 heteroatoms. The highest BCUT2D eigenvalue weighted by Gasteiger charge is 2.52. The molecule has 11 nitrogen and oxygen atoms in total. The van der Waals surface area contributed by atoms with Crippen LogP contribution < -0.4 is 9.80 Å². The van der Waals surface area contributed by atoms with E-state index in [0.29, 0.717) is 18.7 Å². The van der Waals surface area contributed by atoms with Gasteiger partial charge in [0, 0.05) is 48.9 Å². The van der Waals surface area contributed by atoms with Crippen molar-refractivity contribution in [2.24, 2.45) is 0 Å². The molecule has 196 valence electrons. The minimum Gasteiger partial charge on any atom is -0.350 e. The van der Waals surface area contributed by atoms with Gasteiger partial charge in [-0.1, -0.05) is 6.42 Å². The Bertz CT molecular complexity index is 1410. The molecule has 5 heterocycles. The van der Waals surface area contributed by atoms with Crippen molar-refractivity contribution >= 4 is 23.4 Å². The van der Waals surface area contributed by atoms with Crippen molar-refractivity contribution in [3.8, 4) is 6.07 Å². The molecule has 3 aromatic rings. The van der Waals surface area contributed by atoms with Crippen LogP contribution in [0.3, 0.4) is 0 Å². The quantitative estimate of drug-likeness (QED) is 0.520. The van der Waals surface area contributed by atoms with E-state index < -0.39 is 5.54 Å². The van der Waals surface area contributed by atoms with Gasteiger partial charge in [-0.2, -0.15) is 10.4 Å². The molecule has 2 fully saturated rings. The van der Waals surface area contributed by atoms with Gasteiger partial charge < -0.3 is 14.7 Å². The molecule has 3 aliphatic rings. The number of fused-ring (bicyclic) bond motifs is 2. The van der Waals surface area contributed by atoms with Gasteiger partial charge in [-0.05, 0) is 52.7 Å². The van der Waals surface area contributed by atoms with Crippen molar-refractivity contribution in [3.05, 3.63) is 48.4 Å². The Labute approximate surface area is 222 Å². The summed E-state index contributed by atoms with van der Waals surface area (Å²) in [7, 11) is 0. The molecule has 0 aromatic carbocycles. The number of hydrogen-bond acceptors (Lipinski definition) is 9. The Balaban J connectivity index is 1.33. The van der Waals surface area contributed by atoms with E-state index in [-0.39, 0.29) is 23.4 Å². The second kappa shape index (κ2) is 8.75. The molecule has 0 radical (unpaired) electrons. The van der Waals surface area contributed by atoms with Crippen LogP contribution in [0.2, 0.25) is 0 Å². The van der Waals surface area contributed by atoms with Gasteiger partial charge in [0.2, 0.25) is 5.91 Å². The molecule has 1 spiro atoms. The first-order chi connectivity index (χ1) is 18.2. The monoisotopic (exact) mass is 512 g/mol. The van der Waals surface area contributed by atoms with Crippen LogP contribution in [0.25, 0.3) is 0 Å². The first-order valence-corrected chi connectivity index (χ1v) is 13.2. The van der Waals surface area contributed by atoms with E-state index in [0.717, 1.165) is 36.8 Å². The van der Waals surface area contributed by atoms with Crippen LogP contribution in [0.15, 0.2) is 37.3 Å². The molecule has 6 rings (SSSR count). The van der Waals surface area contributed by atoms with Crippen LogP contribution in [0.4, 0.5) is 17.5 Å². The Morgan fingerprint density at radius 1 is 1.11 bits per heavy atom. The number of anilines is 3. The average Bonchev–Trinajstić information content (AvgIpc) is 3.57. The number of carbonyl (C=O) groups is 1. The van der Waals surface area contributed by atoms with Crippen LogP contribution in [0.1, 0.15) is 58.1 Å². The van der Waals surface area contributed by atoms with Gasteiger partial charge in [-0.15, -0.1) is 0 Å². The molecule has 2 atom stereocenters. The van der Waals surface area contributed by atoms with Gasteiger partial charge in [-0.3, -0.25) is 4.79 Å². The summed E-state index contributed by atoms with van der Waals surface area (Å²) in [5, 5.41) is 13.7. The fourth-order valence-electron chi connectivity index (χ4n) is 6.21. The van der Waals surface area contributed by atoms with E-state index in [9.17, 15) is 10.1 Å². The number of aromatic nitrogens is 6. The molecule has 3 aromatic heterocycles. The number of nitrogens with zero attached hydrogens (tertiary/aromatic N) is 10. The standard InChI is InChI=1S/C27H32N10O/c1-18-13-35(25(38)26(3,4)37-17-29-15-33-37)19(2)12-34(18)23-22-24(32-16-31-23)36(14-27(22)7-5-8-27)21-10-20(11-28)6-9-30-21/h6,9-10,15-19H,5,7-8,12-14H2,1-4H3/t18-,19+/m0/s1. The summed E-state index contributed by atoms with van der Waals surface area (Å²) in [4.78, 5) is 38.3. The van der Waals surface area contributed by atoms with Gasteiger partial charge >= 0.3 is 0 Å². The summed E-state index contributed by atoms with van der Waals surface area (Å²) in [6, 6.07) is 5.82. The van der Waals surface area contributed by atoms with Crippen molar-refractivity contribution in [1.82, 2.24) is 34.6 Å². The Morgan fingerprint density at radius 3 is 2.58 bits per heavy atom. The predicted octanol–water partition coefficient (Wildman–Crippen LogP) is 2.77.